The van der Waals surface area contributed by atoms with Crippen molar-refractivity contribution < 1.29 is 38.9 Å². The predicted molar refractivity (Wildman–Crippen MR) is 103 cm³/mol. The van der Waals surface area contributed by atoms with Crippen molar-refractivity contribution in [3.8, 4) is 0 Å². The Morgan fingerprint density at radius 2 is 1.81 bits per heavy atom. The van der Waals surface area contributed by atoms with E-state index in [1.165, 1.54) is 6.92 Å². The summed E-state index contributed by atoms with van der Waals surface area (Å²) in [4.78, 5) is 9.24. The molecular weight excluding hydrogens is 488 g/mol. The third kappa shape index (κ3) is 5.26. The molecule has 1 aromatic carbocycles. The summed E-state index contributed by atoms with van der Waals surface area (Å²) in [6.45, 7) is 0.995. The minimum atomic E-state index is -5.08. The van der Waals surface area contributed by atoms with Crippen LogP contribution in [0.1, 0.15) is 34.9 Å². The van der Waals surface area contributed by atoms with Crippen LogP contribution in [0.15, 0.2) is 18.2 Å². The molecule has 1 unspecified atom stereocenters. The molecule has 2 aromatic rings. The van der Waals surface area contributed by atoms with Crippen LogP contribution >= 0.6 is 11.6 Å². The number of anilines is 2. The first-order chi connectivity index (χ1) is 14.6. The SMILES string of the molecule is Cc1nc(Cl)c2c(n1)N(c1ccc(C(F)(F)F)cc1C(F)(F)F)CCC2COS(C)(=O)=O. The highest BCUT2D eigenvalue weighted by Crippen LogP contribution is 2.46. The van der Waals surface area contributed by atoms with Gasteiger partial charge in [0.25, 0.3) is 10.1 Å². The quantitative estimate of drug-likeness (QED) is 0.329. The van der Waals surface area contributed by atoms with Crippen LogP contribution in [0, 0.1) is 6.92 Å². The highest BCUT2D eigenvalue weighted by atomic mass is 35.5. The molecule has 0 aliphatic carbocycles. The van der Waals surface area contributed by atoms with Crippen molar-refractivity contribution >= 4 is 33.2 Å². The number of hydrogen-bond donors (Lipinski definition) is 0. The number of benzene rings is 1. The molecular formula is C18H16ClF6N3O3S. The van der Waals surface area contributed by atoms with Crippen molar-refractivity contribution in [3.63, 3.8) is 0 Å². The molecule has 1 atom stereocenters. The standard InChI is InChI=1S/C18H16ClF6N3O3S/c1-9-26-15(19)14-10(8-31-32(2,29)30)5-6-28(16(14)27-9)13-4-3-11(17(20,21)22)7-12(13)18(23,24)25/h3-4,7,10H,5-6,8H2,1-2H3. The lowest BCUT2D eigenvalue weighted by molar-refractivity contribution is -0.142. The van der Waals surface area contributed by atoms with Crippen LogP contribution in [-0.4, -0.2) is 37.8 Å². The van der Waals surface area contributed by atoms with E-state index in [0.717, 1.165) is 17.2 Å². The van der Waals surface area contributed by atoms with E-state index in [-0.39, 0.29) is 48.0 Å². The van der Waals surface area contributed by atoms with E-state index in [1.807, 2.05) is 0 Å². The van der Waals surface area contributed by atoms with E-state index < -0.39 is 45.2 Å². The Hall–Kier alpha value is -2.12. The Balaban J connectivity index is 2.15. The molecule has 0 spiro atoms. The second kappa shape index (κ2) is 8.34. The van der Waals surface area contributed by atoms with Gasteiger partial charge in [0.15, 0.2) is 0 Å². The molecule has 2 heterocycles. The maximum Gasteiger partial charge on any atom is 0.418 e. The van der Waals surface area contributed by atoms with Gasteiger partial charge in [-0.1, -0.05) is 11.6 Å². The van der Waals surface area contributed by atoms with Gasteiger partial charge in [-0.05, 0) is 31.5 Å². The molecule has 1 aromatic heterocycles. The summed E-state index contributed by atoms with van der Waals surface area (Å²) in [5.74, 6) is -0.599. The first kappa shape index (κ1) is 24.5. The third-order valence-electron chi connectivity index (χ3n) is 4.76. The van der Waals surface area contributed by atoms with Crippen molar-refractivity contribution in [2.75, 3.05) is 24.3 Å². The molecule has 0 saturated heterocycles. The summed E-state index contributed by atoms with van der Waals surface area (Å²) < 4.78 is 108. The van der Waals surface area contributed by atoms with Gasteiger partial charge >= 0.3 is 12.4 Å². The minimum absolute atomic E-state index is 0.0452. The molecule has 1 aliphatic rings. The lowest BCUT2D eigenvalue weighted by Crippen LogP contribution is -2.32. The van der Waals surface area contributed by atoms with Crippen LogP contribution in [0.5, 0.6) is 0 Å². The maximum atomic E-state index is 13.7. The normalized spacial score (nSPS) is 17.4. The van der Waals surface area contributed by atoms with Gasteiger partial charge in [-0.3, -0.25) is 4.18 Å². The molecule has 3 rings (SSSR count). The number of aryl methyl sites for hydroxylation is 1. The van der Waals surface area contributed by atoms with Gasteiger partial charge < -0.3 is 4.90 Å². The molecule has 0 fully saturated rings. The van der Waals surface area contributed by atoms with Gasteiger partial charge in [0, 0.05) is 18.0 Å². The summed E-state index contributed by atoms with van der Waals surface area (Å²) >= 11 is 6.21. The number of alkyl halides is 6. The van der Waals surface area contributed by atoms with Crippen LogP contribution in [0.25, 0.3) is 0 Å². The van der Waals surface area contributed by atoms with Gasteiger partial charge in [-0.15, -0.1) is 0 Å². The van der Waals surface area contributed by atoms with E-state index in [9.17, 15) is 34.8 Å². The first-order valence-electron chi connectivity index (χ1n) is 9.02. The summed E-state index contributed by atoms with van der Waals surface area (Å²) in [5.41, 5.74) is -3.32. The predicted octanol–water partition coefficient (Wildman–Crippen LogP) is 5.08. The van der Waals surface area contributed by atoms with Crippen LogP contribution in [0.3, 0.4) is 0 Å². The Bertz CT molecular complexity index is 1140. The Morgan fingerprint density at radius 3 is 2.38 bits per heavy atom. The average Bonchev–Trinajstić information content (AvgIpc) is 2.63. The second-order valence-corrected chi connectivity index (χ2v) is 9.15. The number of nitrogens with zero attached hydrogens (tertiary/aromatic N) is 3. The topological polar surface area (TPSA) is 72.4 Å². The zero-order valence-corrected chi connectivity index (χ0v) is 18.1. The number of hydrogen-bond acceptors (Lipinski definition) is 6. The molecule has 176 valence electrons. The number of aromatic nitrogens is 2. The summed E-state index contributed by atoms with van der Waals surface area (Å²) in [7, 11) is -3.81. The monoisotopic (exact) mass is 503 g/mol. The first-order valence-corrected chi connectivity index (χ1v) is 11.2. The molecule has 0 bridgehead atoms. The van der Waals surface area contributed by atoms with E-state index in [1.54, 1.807) is 0 Å². The van der Waals surface area contributed by atoms with Gasteiger partial charge in [-0.25, -0.2) is 9.97 Å². The zero-order chi connectivity index (χ0) is 24.1. The van der Waals surface area contributed by atoms with Crippen LogP contribution in [0.4, 0.5) is 37.8 Å². The fourth-order valence-electron chi connectivity index (χ4n) is 3.41. The molecule has 0 amide bonds. The highest BCUT2D eigenvalue weighted by molar-refractivity contribution is 7.85. The molecule has 6 nitrogen and oxygen atoms in total. The summed E-state index contributed by atoms with van der Waals surface area (Å²) in [6, 6.07) is 1.33. The molecule has 0 N–H and O–H groups in total. The Morgan fingerprint density at radius 1 is 1.16 bits per heavy atom. The lowest BCUT2D eigenvalue weighted by Gasteiger charge is -2.36. The van der Waals surface area contributed by atoms with Gasteiger partial charge in [0.05, 0.1) is 29.7 Å². The largest absolute Gasteiger partial charge is 0.418 e. The number of halogens is 7. The van der Waals surface area contributed by atoms with Crippen LogP contribution in [-0.2, 0) is 26.7 Å². The zero-order valence-electron chi connectivity index (χ0n) is 16.6. The van der Waals surface area contributed by atoms with E-state index in [2.05, 4.69) is 9.97 Å². The molecule has 0 radical (unpaired) electrons. The van der Waals surface area contributed by atoms with Crippen molar-refractivity contribution in [2.24, 2.45) is 0 Å². The third-order valence-corrected chi connectivity index (χ3v) is 5.61. The lowest BCUT2D eigenvalue weighted by atomic mass is 9.93. The minimum Gasteiger partial charge on any atom is -0.325 e. The summed E-state index contributed by atoms with van der Waals surface area (Å²) in [6.07, 6.45) is -9.12. The van der Waals surface area contributed by atoms with E-state index in [4.69, 9.17) is 15.8 Å². The highest BCUT2D eigenvalue weighted by Gasteiger charge is 2.41. The van der Waals surface area contributed by atoms with E-state index in [0.29, 0.717) is 6.07 Å². The molecule has 32 heavy (non-hydrogen) atoms. The second-order valence-electron chi connectivity index (χ2n) is 7.15. The fourth-order valence-corrected chi connectivity index (χ4v) is 4.18. The van der Waals surface area contributed by atoms with Crippen LogP contribution < -0.4 is 4.90 Å². The molecule has 0 saturated carbocycles. The fraction of sp³-hybridized carbons (Fsp3) is 0.444. The van der Waals surface area contributed by atoms with Crippen molar-refractivity contribution in [2.45, 2.75) is 31.6 Å². The van der Waals surface area contributed by atoms with Crippen molar-refractivity contribution in [1.82, 2.24) is 9.97 Å². The van der Waals surface area contributed by atoms with Crippen LogP contribution in [0.2, 0.25) is 5.15 Å². The van der Waals surface area contributed by atoms with Crippen molar-refractivity contribution in [3.05, 3.63) is 45.9 Å². The number of rotatable bonds is 4. The number of fused-ring (bicyclic) bond motifs is 1. The smallest absolute Gasteiger partial charge is 0.325 e. The molecule has 1 aliphatic heterocycles. The molecule has 14 heteroatoms. The van der Waals surface area contributed by atoms with Crippen molar-refractivity contribution in [1.29, 1.82) is 0 Å². The Labute approximate surface area is 184 Å². The Kier molecular flexibility index (Phi) is 6.39. The average molecular weight is 504 g/mol. The van der Waals surface area contributed by atoms with Gasteiger partial charge in [0.2, 0.25) is 0 Å². The van der Waals surface area contributed by atoms with Gasteiger partial charge in [-0.2, -0.15) is 34.8 Å². The van der Waals surface area contributed by atoms with Gasteiger partial charge in [0.1, 0.15) is 16.8 Å². The maximum absolute atomic E-state index is 13.7. The summed E-state index contributed by atoms with van der Waals surface area (Å²) in [5, 5.41) is -0.111. The van der Waals surface area contributed by atoms with E-state index >= 15 is 0 Å².